The maximum Gasteiger partial charge on any atom is 0.201 e. The summed E-state index contributed by atoms with van der Waals surface area (Å²) in [7, 11) is 0. The number of para-hydroxylation sites is 1. The first-order valence-electron chi connectivity index (χ1n) is 14.7. The fraction of sp³-hybridized carbons (Fsp3) is 0.0750. The van der Waals surface area contributed by atoms with Crippen LogP contribution in [-0.2, 0) is 5.41 Å². The first-order chi connectivity index (χ1) is 21.0. The molecule has 0 aliphatic heterocycles. The second kappa shape index (κ2) is 8.56. The van der Waals surface area contributed by atoms with Crippen LogP contribution in [0.3, 0.4) is 0 Å². The minimum absolute atomic E-state index is 0.0178. The Balaban J connectivity index is 1.34. The van der Waals surface area contributed by atoms with Crippen LogP contribution in [0.5, 0.6) is 0 Å². The Morgan fingerprint density at radius 3 is 2.21 bits per heavy atom. The lowest BCUT2D eigenvalue weighted by Gasteiger charge is -2.21. The van der Waals surface area contributed by atoms with Gasteiger partial charge in [0.15, 0.2) is 0 Å². The summed E-state index contributed by atoms with van der Waals surface area (Å²) in [6.45, 7) is 4.63. The van der Waals surface area contributed by atoms with E-state index >= 15 is 0 Å². The van der Waals surface area contributed by atoms with Gasteiger partial charge in [0.2, 0.25) is 5.43 Å². The van der Waals surface area contributed by atoms with E-state index in [0.717, 1.165) is 27.8 Å². The van der Waals surface area contributed by atoms with Gasteiger partial charge in [-0.2, -0.15) is 0 Å². The predicted octanol–water partition coefficient (Wildman–Crippen LogP) is 10.0. The van der Waals surface area contributed by atoms with Crippen molar-refractivity contribution in [1.82, 2.24) is 4.57 Å². The van der Waals surface area contributed by atoms with Gasteiger partial charge < -0.3 is 8.98 Å². The maximum absolute atomic E-state index is 14.2. The average molecular weight is 554 g/mol. The van der Waals surface area contributed by atoms with Gasteiger partial charge in [-0.1, -0.05) is 98.8 Å². The highest BCUT2D eigenvalue weighted by atomic mass is 16.3. The van der Waals surface area contributed by atoms with Crippen molar-refractivity contribution in [2.45, 2.75) is 19.3 Å². The molecule has 0 spiro atoms. The van der Waals surface area contributed by atoms with Gasteiger partial charge in [-0.15, -0.1) is 0 Å². The Morgan fingerprint density at radius 1 is 0.558 bits per heavy atom. The summed E-state index contributed by atoms with van der Waals surface area (Å²) in [5.41, 5.74) is 11.4. The Labute approximate surface area is 248 Å². The van der Waals surface area contributed by atoms with Crippen molar-refractivity contribution in [1.29, 1.82) is 0 Å². The van der Waals surface area contributed by atoms with E-state index in [9.17, 15) is 4.79 Å². The zero-order valence-corrected chi connectivity index (χ0v) is 23.9. The molecule has 43 heavy (non-hydrogen) atoms. The zero-order valence-electron chi connectivity index (χ0n) is 23.9. The van der Waals surface area contributed by atoms with E-state index in [1.54, 1.807) is 0 Å². The Hall–Kier alpha value is -5.41. The third-order valence-corrected chi connectivity index (χ3v) is 9.40. The first kappa shape index (κ1) is 24.2. The molecule has 9 rings (SSSR count). The molecule has 0 radical (unpaired) electrons. The number of hydrogen-bond acceptors (Lipinski definition) is 2. The largest absolute Gasteiger partial charge is 0.456 e. The number of benzene rings is 6. The van der Waals surface area contributed by atoms with Crippen LogP contribution in [0.25, 0.3) is 71.7 Å². The van der Waals surface area contributed by atoms with Gasteiger partial charge in [0.1, 0.15) is 11.2 Å². The molecular weight excluding hydrogens is 526 g/mol. The van der Waals surface area contributed by atoms with Crippen LogP contribution >= 0.6 is 0 Å². The summed E-state index contributed by atoms with van der Waals surface area (Å²) >= 11 is 0. The van der Waals surface area contributed by atoms with Crippen LogP contribution in [0.4, 0.5) is 0 Å². The lowest BCUT2D eigenvalue weighted by molar-refractivity contribution is 0.660. The number of nitrogens with zero attached hydrogens (tertiary/aromatic N) is 1. The van der Waals surface area contributed by atoms with Crippen LogP contribution in [0.15, 0.2) is 137 Å². The lowest BCUT2D eigenvalue weighted by atomic mass is 9.82. The summed E-state index contributed by atoms with van der Waals surface area (Å²) in [6.07, 6.45) is 0. The van der Waals surface area contributed by atoms with E-state index in [0.29, 0.717) is 21.9 Å². The first-order valence-corrected chi connectivity index (χ1v) is 14.7. The molecule has 0 fully saturated rings. The molecular formula is C40H27NO2. The minimum Gasteiger partial charge on any atom is -0.456 e. The normalized spacial score (nSPS) is 13.6. The number of rotatable bonds is 2. The second-order valence-electron chi connectivity index (χ2n) is 12.1. The van der Waals surface area contributed by atoms with Gasteiger partial charge in [0, 0.05) is 21.9 Å². The molecule has 204 valence electrons. The predicted molar refractivity (Wildman–Crippen MR) is 177 cm³/mol. The standard InChI is InChI=1S/C40H27NO2/c1-40(2)32-16-8-6-13-27(32)29-22-30-28-14-7-9-17-34(28)41(35(30)23-33(29)40)25-19-20-36-31(21-25)39(42)38-26(15-10-18-37(38)43-36)24-11-4-3-5-12-24/h3-23H,1-2H3. The highest BCUT2D eigenvalue weighted by molar-refractivity contribution is 6.12. The molecule has 0 saturated heterocycles. The van der Waals surface area contributed by atoms with Crippen LogP contribution in [0.2, 0.25) is 0 Å². The Kier molecular flexibility index (Phi) is 4.82. The smallest absolute Gasteiger partial charge is 0.201 e. The molecule has 1 aliphatic carbocycles. The molecule has 3 heteroatoms. The van der Waals surface area contributed by atoms with Gasteiger partial charge in [-0.25, -0.2) is 0 Å². The Bertz CT molecular complexity index is 2500. The fourth-order valence-corrected chi connectivity index (χ4v) is 7.33. The third kappa shape index (κ3) is 3.28. The van der Waals surface area contributed by atoms with E-state index in [1.807, 2.05) is 60.7 Å². The molecule has 0 saturated carbocycles. The lowest BCUT2D eigenvalue weighted by Crippen LogP contribution is -2.15. The number of hydrogen-bond donors (Lipinski definition) is 0. The third-order valence-electron chi connectivity index (χ3n) is 9.40. The topological polar surface area (TPSA) is 35.1 Å². The fourth-order valence-electron chi connectivity index (χ4n) is 7.33. The highest BCUT2D eigenvalue weighted by Gasteiger charge is 2.36. The molecule has 2 aromatic heterocycles. The summed E-state index contributed by atoms with van der Waals surface area (Å²) in [5.74, 6) is 0. The maximum atomic E-state index is 14.2. The average Bonchev–Trinajstić information content (AvgIpc) is 3.49. The van der Waals surface area contributed by atoms with Gasteiger partial charge in [0.25, 0.3) is 0 Å². The summed E-state index contributed by atoms with van der Waals surface area (Å²) in [6, 6.07) is 43.9. The van der Waals surface area contributed by atoms with Crippen molar-refractivity contribution in [3.05, 3.63) is 149 Å². The van der Waals surface area contributed by atoms with Crippen molar-refractivity contribution in [2.24, 2.45) is 0 Å². The van der Waals surface area contributed by atoms with Crippen molar-refractivity contribution >= 4 is 43.7 Å². The van der Waals surface area contributed by atoms with Crippen molar-refractivity contribution < 1.29 is 4.42 Å². The molecule has 1 aliphatic rings. The second-order valence-corrected chi connectivity index (χ2v) is 12.1. The summed E-state index contributed by atoms with van der Waals surface area (Å²) in [5, 5.41) is 3.59. The van der Waals surface area contributed by atoms with Gasteiger partial charge >= 0.3 is 0 Å². The van der Waals surface area contributed by atoms with E-state index in [4.69, 9.17) is 4.42 Å². The molecule has 8 aromatic rings. The molecule has 3 nitrogen and oxygen atoms in total. The number of fused-ring (bicyclic) bond motifs is 8. The molecule has 0 unspecified atom stereocenters. The zero-order chi connectivity index (χ0) is 28.9. The van der Waals surface area contributed by atoms with Gasteiger partial charge in [0.05, 0.1) is 21.8 Å². The van der Waals surface area contributed by atoms with Crippen molar-refractivity contribution in [2.75, 3.05) is 0 Å². The van der Waals surface area contributed by atoms with E-state index in [-0.39, 0.29) is 10.8 Å². The van der Waals surface area contributed by atoms with Crippen LogP contribution < -0.4 is 5.43 Å². The number of aromatic nitrogens is 1. The van der Waals surface area contributed by atoms with Crippen LogP contribution in [0.1, 0.15) is 25.0 Å². The van der Waals surface area contributed by atoms with Crippen LogP contribution in [0, 0.1) is 0 Å². The summed E-state index contributed by atoms with van der Waals surface area (Å²) < 4.78 is 8.65. The molecule has 0 N–H and O–H groups in total. The van der Waals surface area contributed by atoms with E-state index in [2.05, 4.69) is 85.1 Å². The molecule has 0 amide bonds. The van der Waals surface area contributed by atoms with E-state index in [1.165, 1.54) is 33.0 Å². The summed E-state index contributed by atoms with van der Waals surface area (Å²) in [4.78, 5) is 14.2. The Morgan fingerprint density at radius 2 is 1.33 bits per heavy atom. The quantitative estimate of drug-likeness (QED) is 0.200. The molecule has 0 bridgehead atoms. The van der Waals surface area contributed by atoms with E-state index < -0.39 is 0 Å². The van der Waals surface area contributed by atoms with Gasteiger partial charge in [-0.05, 0) is 75.8 Å². The molecule has 6 aromatic carbocycles. The SMILES string of the molecule is CC1(C)c2ccccc2-c2cc3c4ccccc4n(-c4ccc5oc6cccc(-c7ccccc7)c6c(=O)c5c4)c3cc21. The monoisotopic (exact) mass is 553 g/mol. The molecule has 2 heterocycles. The van der Waals surface area contributed by atoms with Crippen LogP contribution in [-0.4, -0.2) is 4.57 Å². The van der Waals surface area contributed by atoms with Crippen molar-refractivity contribution in [3.8, 4) is 27.9 Å². The van der Waals surface area contributed by atoms with Crippen molar-refractivity contribution in [3.63, 3.8) is 0 Å². The molecule has 0 atom stereocenters. The van der Waals surface area contributed by atoms with Gasteiger partial charge in [-0.3, -0.25) is 4.79 Å². The minimum atomic E-state index is -0.112. The highest BCUT2D eigenvalue weighted by Crippen LogP contribution is 2.51.